The van der Waals surface area contributed by atoms with E-state index in [2.05, 4.69) is 229 Å². The number of fused-ring (bicyclic) bond motifs is 10. The van der Waals surface area contributed by atoms with E-state index in [1.165, 1.54) is 96.6 Å². The highest BCUT2D eigenvalue weighted by molar-refractivity contribution is 7.26. The van der Waals surface area contributed by atoms with Gasteiger partial charge in [-0.15, -0.1) is 11.3 Å². The molecule has 1 heterocycles. The molecule has 0 atom stereocenters. The summed E-state index contributed by atoms with van der Waals surface area (Å²) in [4.78, 5) is 2.44. The van der Waals surface area contributed by atoms with E-state index in [0.29, 0.717) is 0 Å². The highest BCUT2D eigenvalue weighted by atomic mass is 32.1. The van der Waals surface area contributed by atoms with Crippen molar-refractivity contribution in [1.82, 2.24) is 0 Å². The monoisotopic (exact) mass is 779 g/mol. The minimum Gasteiger partial charge on any atom is -0.310 e. The zero-order chi connectivity index (χ0) is 39.6. The molecule has 11 aromatic carbocycles. The Kier molecular flexibility index (Phi) is 8.11. The number of rotatable bonds is 6. The number of anilines is 3. The molecule has 0 spiro atoms. The van der Waals surface area contributed by atoms with Gasteiger partial charge in [-0.3, -0.25) is 0 Å². The summed E-state index contributed by atoms with van der Waals surface area (Å²) < 4.78 is 2.65. The van der Waals surface area contributed by atoms with E-state index in [-0.39, 0.29) is 0 Å². The quantitative estimate of drug-likeness (QED) is 0.152. The van der Waals surface area contributed by atoms with Gasteiger partial charge < -0.3 is 4.90 Å². The molecule has 0 radical (unpaired) electrons. The van der Waals surface area contributed by atoms with Crippen molar-refractivity contribution in [1.29, 1.82) is 0 Å². The number of thiophene rings is 1. The molecule has 1 aromatic heterocycles. The number of nitrogens with zero attached hydrogens (tertiary/aromatic N) is 1. The average Bonchev–Trinajstić information content (AvgIpc) is 3.71. The molecular formula is C58H37NS. The summed E-state index contributed by atoms with van der Waals surface area (Å²) in [5, 5.41) is 12.8. The molecule has 12 rings (SSSR count). The van der Waals surface area contributed by atoms with Crippen molar-refractivity contribution >= 4 is 91.7 Å². The Labute approximate surface area is 352 Å². The SMILES string of the molecule is c1ccc(-c2ccc(N(c3ccc(-c4cccc5c4sc4ccccc45)cc3)c3ccccc3-c3cc4ccccc4c4c3ccc3ccc5ccccc5c34)cc2)cc1. The maximum absolute atomic E-state index is 2.44. The van der Waals surface area contributed by atoms with Gasteiger partial charge in [0.2, 0.25) is 0 Å². The van der Waals surface area contributed by atoms with E-state index in [9.17, 15) is 0 Å². The van der Waals surface area contributed by atoms with Crippen LogP contribution in [0, 0.1) is 0 Å². The van der Waals surface area contributed by atoms with E-state index < -0.39 is 0 Å². The fourth-order valence-electron chi connectivity index (χ4n) is 9.43. The van der Waals surface area contributed by atoms with E-state index in [1.54, 1.807) is 0 Å². The fraction of sp³-hybridized carbons (Fsp3) is 0. The molecule has 0 unspecified atom stereocenters. The summed E-state index contributed by atoms with van der Waals surface area (Å²) in [5.41, 5.74) is 10.6. The Morgan fingerprint density at radius 3 is 1.67 bits per heavy atom. The van der Waals surface area contributed by atoms with Gasteiger partial charge >= 0.3 is 0 Å². The summed E-state index contributed by atoms with van der Waals surface area (Å²) in [6.45, 7) is 0. The van der Waals surface area contributed by atoms with Crippen LogP contribution < -0.4 is 4.90 Å². The molecule has 280 valence electrons. The maximum Gasteiger partial charge on any atom is 0.0540 e. The zero-order valence-electron chi connectivity index (χ0n) is 32.7. The second-order valence-electron chi connectivity index (χ2n) is 15.6. The van der Waals surface area contributed by atoms with E-state index in [1.807, 2.05) is 11.3 Å². The molecule has 2 heteroatoms. The van der Waals surface area contributed by atoms with Gasteiger partial charge in [-0.25, -0.2) is 0 Å². The van der Waals surface area contributed by atoms with Gasteiger partial charge in [0.25, 0.3) is 0 Å². The molecule has 0 aliphatic heterocycles. The third-order valence-electron chi connectivity index (χ3n) is 12.2. The minimum absolute atomic E-state index is 1.10. The van der Waals surface area contributed by atoms with Crippen LogP contribution in [0.5, 0.6) is 0 Å². The lowest BCUT2D eigenvalue weighted by atomic mass is 9.88. The average molecular weight is 780 g/mol. The first kappa shape index (κ1) is 34.5. The van der Waals surface area contributed by atoms with Crippen LogP contribution in [0.25, 0.3) is 96.6 Å². The van der Waals surface area contributed by atoms with E-state index >= 15 is 0 Å². The molecule has 0 fully saturated rings. The van der Waals surface area contributed by atoms with E-state index in [0.717, 1.165) is 17.1 Å². The minimum atomic E-state index is 1.10. The van der Waals surface area contributed by atoms with Crippen LogP contribution >= 0.6 is 11.3 Å². The number of para-hydroxylation sites is 1. The molecule has 0 N–H and O–H groups in total. The van der Waals surface area contributed by atoms with Crippen molar-refractivity contribution in [2.24, 2.45) is 0 Å². The molecule has 1 nitrogen and oxygen atoms in total. The summed E-state index contributed by atoms with van der Waals surface area (Å²) in [6, 6.07) is 82.5. The van der Waals surface area contributed by atoms with Crippen LogP contribution in [0.3, 0.4) is 0 Å². The lowest BCUT2D eigenvalue weighted by molar-refractivity contribution is 1.28. The van der Waals surface area contributed by atoms with Crippen molar-refractivity contribution in [2.45, 2.75) is 0 Å². The van der Waals surface area contributed by atoms with Gasteiger partial charge in [-0.1, -0.05) is 182 Å². The van der Waals surface area contributed by atoms with Crippen molar-refractivity contribution in [3.8, 4) is 33.4 Å². The predicted octanol–water partition coefficient (Wildman–Crippen LogP) is 17.1. The molecular weight excluding hydrogens is 743 g/mol. The summed E-state index contributed by atoms with van der Waals surface area (Å²) in [6.07, 6.45) is 0. The molecule has 12 aromatic rings. The van der Waals surface area contributed by atoms with Crippen LogP contribution in [0.4, 0.5) is 17.1 Å². The van der Waals surface area contributed by atoms with Crippen LogP contribution in [0.1, 0.15) is 0 Å². The Morgan fingerprint density at radius 1 is 0.300 bits per heavy atom. The van der Waals surface area contributed by atoms with Crippen LogP contribution in [-0.2, 0) is 0 Å². The smallest absolute Gasteiger partial charge is 0.0540 e. The maximum atomic E-state index is 2.44. The molecule has 0 aliphatic rings. The third-order valence-corrected chi connectivity index (χ3v) is 13.5. The topological polar surface area (TPSA) is 3.24 Å². The second-order valence-corrected chi connectivity index (χ2v) is 16.7. The predicted molar refractivity (Wildman–Crippen MR) is 260 cm³/mol. The molecule has 0 saturated carbocycles. The Hall–Kier alpha value is -7.52. The van der Waals surface area contributed by atoms with Crippen molar-refractivity contribution in [2.75, 3.05) is 4.90 Å². The summed E-state index contributed by atoms with van der Waals surface area (Å²) >= 11 is 1.88. The molecule has 0 aliphatic carbocycles. The first-order chi connectivity index (χ1) is 29.8. The van der Waals surface area contributed by atoms with Gasteiger partial charge in [-0.2, -0.15) is 0 Å². The largest absolute Gasteiger partial charge is 0.310 e. The highest BCUT2D eigenvalue weighted by Gasteiger charge is 2.21. The number of benzene rings is 11. The Bertz CT molecular complexity index is 3580. The van der Waals surface area contributed by atoms with Crippen molar-refractivity contribution in [3.05, 3.63) is 224 Å². The van der Waals surface area contributed by atoms with Crippen LogP contribution in [0.15, 0.2) is 224 Å². The van der Waals surface area contributed by atoms with Gasteiger partial charge in [0.1, 0.15) is 0 Å². The molecule has 0 amide bonds. The van der Waals surface area contributed by atoms with E-state index in [4.69, 9.17) is 0 Å². The standard InChI is InChI=1S/C58H37NS/c1-2-13-38(14-3-1)39-27-32-44(33-28-39)59(45-34-29-41(30-35-45)48-21-12-22-52-50-20-9-11-24-55(50)60-58(48)52)54-23-10-8-19-49(54)53-37-43-16-5-7-18-47(43)57-51(53)36-31-42-26-25-40-15-4-6-17-46(40)56(42)57/h1-37H. The lowest BCUT2D eigenvalue weighted by Crippen LogP contribution is -2.11. The summed E-state index contributed by atoms with van der Waals surface area (Å²) in [5.74, 6) is 0. The zero-order valence-corrected chi connectivity index (χ0v) is 33.5. The first-order valence-electron chi connectivity index (χ1n) is 20.6. The lowest BCUT2D eigenvalue weighted by Gasteiger charge is -2.29. The van der Waals surface area contributed by atoms with Crippen LogP contribution in [0.2, 0.25) is 0 Å². The second kappa shape index (κ2) is 14.1. The Morgan fingerprint density at radius 2 is 0.867 bits per heavy atom. The van der Waals surface area contributed by atoms with Gasteiger partial charge in [0.15, 0.2) is 0 Å². The van der Waals surface area contributed by atoms with Crippen LogP contribution in [-0.4, -0.2) is 0 Å². The normalized spacial score (nSPS) is 11.7. The van der Waals surface area contributed by atoms with Gasteiger partial charge in [0.05, 0.1) is 5.69 Å². The first-order valence-corrected chi connectivity index (χ1v) is 21.4. The van der Waals surface area contributed by atoms with Crippen molar-refractivity contribution in [3.63, 3.8) is 0 Å². The number of hydrogen-bond donors (Lipinski definition) is 0. The highest BCUT2D eigenvalue weighted by Crippen LogP contribution is 2.47. The van der Waals surface area contributed by atoms with Gasteiger partial charge in [0, 0.05) is 37.1 Å². The molecule has 0 saturated heterocycles. The third kappa shape index (κ3) is 5.61. The fourth-order valence-corrected chi connectivity index (χ4v) is 10.7. The molecule has 0 bridgehead atoms. The summed E-state index contributed by atoms with van der Waals surface area (Å²) in [7, 11) is 0. The Balaban J connectivity index is 1.07. The van der Waals surface area contributed by atoms with Crippen molar-refractivity contribution < 1.29 is 0 Å². The molecule has 60 heavy (non-hydrogen) atoms. The van der Waals surface area contributed by atoms with Gasteiger partial charge in [-0.05, 0) is 113 Å². The number of hydrogen-bond acceptors (Lipinski definition) is 2.